The molecule has 0 atom stereocenters. The molecule has 0 saturated carbocycles. The average molecular weight is 363 g/mol. The van der Waals surface area contributed by atoms with Gasteiger partial charge >= 0.3 is 0 Å². The van der Waals surface area contributed by atoms with E-state index in [2.05, 4.69) is 9.71 Å². The summed E-state index contributed by atoms with van der Waals surface area (Å²) in [6.07, 6.45) is 1.69. The molecule has 0 bridgehead atoms. The van der Waals surface area contributed by atoms with E-state index in [1.807, 2.05) is 43.3 Å². The molecule has 0 amide bonds. The first-order valence-electron chi connectivity index (χ1n) is 8.00. The molecule has 2 aromatic carbocycles. The molecule has 0 aliphatic rings. The molecule has 1 N–H and O–H groups in total. The van der Waals surface area contributed by atoms with E-state index in [0.717, 1.165) is 22.4 Å². The van der Waals surface area contributed by atoms with Crippen molar-refractivity contribution in [1.29, 1.82) is 5.26 Å². The molecule has 0 saturated heterocycles. The minimum atomic E-state index is -3.68. The molecule has 0 radical (unpaired) electrons. The number of benzene rings is 2. The predicted octanol–water partition coefficient (Wildman–Crippen LogP) is 3.41. The minimum Gasteiger partial charge on any atom is -0.256 e. The van der Waals surface area contributed by atoms with Gasteiger partial charge < -0.3 is 0 Å². The molecule has 1 aromatic heterocycles. The lowest BCUT2D eigenvalue weighted by atomic mass is 10.0. The Labute approximate surface area is 153 Å². The van der Waals surface area contributed by atoms with E-state index in [9.17, 15) is 8.42 Å². The van der Waals surface area contributed by atoms with Gasteiger partial charge in [0.05, 0.1) is 22.2 Å². The molecule has 130 valence electrons. The first-order valence-corrected chi connectivity index (χ1v) is 9.49. The van der Waals surface area contributed by atoms with Crippen molar-refractivity contribution < 1.29 is 8.42 Å². The molecule has 0 fully saturated rings. The van der Waals surface area contributed by atoms with Crippen LogP contribution in [0.1, 0.15) is 16.7 Å². The summed E-state index contributed by atoms with van der Waals surface area (Å²) in [5.41, 5.74) is 4.00. The van der Waals surface area contributed by atoms with Crippen LogP contribution < -0.4 is 4.72 Å². The van der Waals surface area contributed by atoms with Gasteiger partial charge in [0, 0.05) is 18.3 Å². The standard InChI is InChI=1S/C20H17N3O2S/c1-15-4-2-5-17(12-15)20-18(6-3-11-22-20)14-23-26(24,25)19-9-7-16(13-21)8-10-19/h2-12,23H,14H2,1H3. The smallest absolute Gasteiger partial charge is 0.240 e. The van der Waals surface area contributed by atoms with Crippen LogP contribution in [0.25, 0.3) is 11.3 Å². The third kappa shape index (κ3) is 3.97. The number of hydrogen-bond donors (Lipinski definition) is 1. The van der Waals surface area contributed by atoms with Crippen molar-refractivity contribution >= 4 is 10.0 Å². The fourth-order valence-electron chi connectivity index (χ4n) is 2.60. The lowest BCUT2D eigenvalue weighted by molar-refractivity contribution is 0.581. The normalized spacial score (nSPS) is 11.1. The molecule has 3 aromatic rings. The van der Waals surface area contributed by atoms with Gasteiger partial charge in [0.1, 0.15) is 0 Å². The second kappa shape index (κ2) is 7.48. The highest BCUT2D eigenvalue weighted by Crippen LogP contribution is 2.22. The molecule has 0 unspecified atom stereocenters. The maximum atomic E-state index is 12.5. The second-order valence-electron chi connectivity index (χ2n) is 5.84. The van der Waals surface area contributed by atoms with Crippen LogP contribution in [-0.4, -0.2) is 13.4 Å². The first kappa shape index (κ1) is 17.8. The van der Waals surface area contributed by atoms with Crippen LogP contribution in [-0.2, 0) is 16.6 Å². The Bertz CT molecular complexity index is 1070. The number of pyridine rings is 1. The third-order valence-electron chi connectivity index (χ3n) is 3.93. The van der Waals surface area contributed by atoms with Gasteiger partial charge in [-0.05, 0) is 48.9 Å². The Morgan fingerprint density at radius 2 is 1.85 bits per heavy atom. The summed E-state index contributed by atoms with van der Waals surface area (Å²) in [5.74, 6) is 0. The highest BCUT2D eigenvalue weighted by molar-refractivity contribution is 7.89. The second-order valence-corrected chi connectivity index (χ2v) is 7.61. The molecule has 5 nitrogen and oxygen atoms in total. The van der Waals surface area contributed by atoms with E-state index >= 15 is 0 Å². The Morgan fingerprint density at radius 1 is 1.08 bits per heavy atom. The summed E-state index contributed by atoms with van der Waals surface area (Å²) in [4.78, 5) is 4.54. The Balaban J connectivity index is 1.85. The van der Waals surface area contributed by atoms with Gasteiger partial charge in [0.2, 0.25) is 10.0 Å². The molecule has 26 heavy (non-hydrogen) atoms. The lowest BCUT2D eigenvalue weighted by Crippen LogP contribution is -2.23. The van der Waals surface area contributed by atoms with Gasteiger partial charge in [-0.15, -0.1) is 0 Å². The van der Waals surface area contributed by atoms with Gasteiger partial charge in [-0.3, -0.25) is 4.98 Å². The number of sulfonamides is 1. The maximum absolute atomic E-state index is 12.5. The Morgan fingerprint density at radius 3 is 2.54 bits per heavy atom. The average Bonchev–Trinajstić information content (AvgIpc) is 2.67. The van der Waals surface area contributed by atoms with Gasteiger partial charge in [-0.2, -0.15) is 5.26 Å². The van der Waals surface area contributed by atoms with Crippen molar-refractivity contribution in [2.45, 2.75) is 18.4 Å². The number of nitrogens with zero attached hydrogens (tertiary/aromatic N) is 2. The van der Waals surface area contributed by atoms with Crippen molar-refractivity contribution in [3.63, 3.8) is 0 Å². The van der Waals surface area contributed by atoms with Crippen LogP contribution >= 0.6 is 0 Å². The topological polar surface area (TPSA) is 82.8 Å². The summed E-state index contributed by atoms with van der Waals surface area (Å²) >= 11 is 0. The summed E-state index contributed by atoms with van der Waals surface area (Å²) in [7, 11) is -3.68. The van der Waals surface area contributed by atoms with Crippen molar-refractivity contribution in [3.05, 3.63) is 83.6 Å². The number of aryl methyl sites for hydroxylation is 1. The molecular formula is C20H17N3O2S. The van der Waals surface area contributed by atoms with E-state index in [-0.39, 0.29) is 11.4 Å². The number of aromatic nitrogens is 1. The van der Waals surface area contributed by atoms with Crippen molar-refractivity contribution in [2.75, 3.05) is 0 Å². The largest absolute Gasteiger partial charge is 0.256 e. The van der Waals surface area contributed by atoms with E-state index < -0.39 is 10.0 Å². The molecule has 6 heteroatoms. The van der Waals surface area contributed by atoms with Crippen molar-refractivity contribution in [1.82, 2.24) is 9.71 Å². The fraction of sp³-hybridized carbons (Fsp3) is 0.100. The maximum Gasteiger partial charge on any atom is 0.240 e. The molecule has 0 spiro atoms. The van der Waals surface area contributed by atoms with Crippen LogP contribution in [0.4, 0.5) is 0 Å². The van der Waals surface area contributed by atoms with Gasteiger partial charge in [-0.25, -0.2) is 13.1 Å². The summed E-state index contributed by atoms with van der Waals surface area (Å²) in [5, 5.41) is 8.82. The highest BCUT2D eigenvalue weighted by Gasteiger charge is 2.15. The van der Waals surface area contributed by atoms with E-state index in [1.165, 1.54) is 24.3 Å². The minimum absolute atomic E-state index is 0.123. The predicted molar refractivity (Wildman–Crippen MR) is 99.6 cm³/mol. The lowest BCUT2D eigenvalue weighted by Gasteiger charge is -2.11. The van der Waals surface area contributed by atoms with Gasteiger partial charge in [0.15, 0.2) is 0 Å². The zero-order valence-corrected chi connectivity index (χ0v) is 15.0. The zero-order chi connectivity index (χ0) is 18.6. The quantitative estimate of drug-likeness (QED) is 0.753. The summed E-state index contributed by atoms with van der Waals surface area (Å²) in [6, 6.07) is 19.3. The number of rotatable bonds is 5. The fourth-order valence-corrected chi connectivity index (χ4v) is 3.60. The number of hydrogen-bond acceptors (Lipinski definition) is 4. The molecule has 1 heterocycles. The van der Waals surface area contributed by atoms with Crippen LogP contribution in [0.5, 0.6) is 0 Å². The summed E-state index contributed by atoms with van der Waals surface area (Å²) in [6.45, 7) is 2.12. The SMILES string of the molecule is Cc1cccc(-c2ncccc2CNS(=O)(=O)c2ccc(C#N)cc2)c1. The van der Waals surface area contributed by atoms with E-state index in [1.54, 1.807) is 12.3 Å². The first-order chi connectivity index (χ1) is 12.5. The molecule has 0 aliphatic heterocycles. The van der Waals surface area contributed by atoms with Crippen molar-refractivity contribution in [3.8, 4) is 17.3 Å². The summed E-state index contributed by atoms with van der Waals surface area (Å²) < 4.78 is 27.6. The Hall–Kier alpha value is -3.01. The third-order valence-corrected chi connectivity index (χ3v) is 5.35. The Kier molecular flexibility index (Phi) is 5.12. The number of nitriles is 1. The highest BCUT2D eigenvalue weighted by atomic mass is 32.2. The molecule has 3 rings (SSSR count). The number of nitrogens with one attached hydrogen (secondary N) is 1. The van der Waals surface area contributed by atoms with Crippen LogP contribution in [0, 0.1) is 18.3 Å². The van der Waals surface area contributed by atoms with Crippen LogP contribution in [0.15, 0.2) is 71.8 Å². The van der Waals surface area contributed by atoms with Crippen LogP contribution in [0.3, 0.4) is 0 Å². The van der Waals surface area contributed by atoms with Crippen LogP contribution in [0.2, 0.25) is 0 Å². The van der Waals surface area contributed by atoms with Crippen molar-refractivity contribution in [2.24, 2.45) is 0 Å². The molecular weight excluding hydrogens is 346 g/mol. The zero-order valence-electron chi connectivity index (χ0n) is 14.2. The molecule has 0 aliphatic carbocycles. The van der Waals surface area contributed by atoms with E-state index in [4.69, 9.17) is 5.26 Å². The van der Waals surface area contributed by atoms with Gasteiger partial charge in [0.25, 0.3) is 0 Å². The van der Waals surface area contributed by atoms with Gasteiger partial charge in [-0.1, -0.05) is 29.8 Å². The monoisotopic (exact) mass is 363 g/mol. The van der Waals surface area contributed by atoms with E-state index in [0.29, 0.717) is 5.56 Å².